The van der Waals surface area contributed by atoms with E-state index in [2.05, 4.69) is 19.2 Å². The average Bonchev–Trinajstić information content (AvgIpc) is 2.27. The number of hydrogen-bond donors (Lipinski definition) is 3. The fourth-order valence-corrected chi connectivity index (χ4v) is 1.78. The van der Waals surface area contributed by atoms with Crippen molar-refractivity contribution in [1.82, 2.24) is 5.32 Å². The largest absolute Gasteiger partial charge is 0.508 e. The maximum Gasteiger partial charge on any atom is 0.325 e. The molecule has 0 aliphatic rings. The number of carboxylic acids is 1. The van der Waals surface area contributed by atoms with Gasteiger partial charge in [-0.15, -0.1) is 0 Å². The summed E-state index contributed by atoms with van der Waals surface area (Å²) in [7, 11) is 0. The van der Waals surface area contributed by atoms with Crippen LogP contribution in [0.3, 0.4) is 0 Å². The lowest BCUT2D eigenvalue weighted by Gasteiger charge is -2.17. The van der Waals surface area contributed by atoms with Gasteiger partial charge in [0, 0.05) is 10.6 Å². The van der Waals surface area contributed by atoms with E-state index in [0.717, 1.165) is 6.42 Å². The first kappa shape index (κ1) is 14.8. The second kappa shape index (κ2) is 6.61. The third kappa shape index (κ3) is 4.20. The number of hydrogen-bond acceptors (Lipinski definition) is 3. The van der Waals surface area contributed by atoms with Crippen molar-refractivity contribution >= 4 is 17.6 Å². The zero-order chi connectivity index (χ0) is 13.7. The minimum absolute atomic E-state index is 0.0659. The number of carboxylic acid groups (broad SMARTS) is 1. The van der Waals surface area contributed by atoms with Gasteiger partial charge in [-0.05, 0) is 37.1 Å². The van der Waals surface area contributed by atoms with Gasteiger partial charge >= 0.3 is 5.97 Å². The Labute approximate surface area is 112 Å². The molecule has 1 aromatic rings. The molecule has 0 aliphatic heterocycles. The van der Waals surface area contributed by atoms with Crippen molar-refractivity contribution in [3.8, 4) is 5.75 Å². The van der Waals surface area contributed by atoms with Crippen LogP contribution >= 0.6 is 11.6 Å². The Morgan fingerprint density at radius 2 is 2.11 bits per heavy atom. The molecule has 0 saturated heterocycles. The van der Waals surface area contributed by atoms with Crippen LogP contribution in [-0.4, -0.2) is 22.7 Å². The molecule has 0 amide bonds. The molecule has 1 atom stereocenters. The summed E-state index contributed by atoms with van der Waals surface area (Å²) in [5.41, 5.74) is 0.291. The molecule has 3 N–H and O–H groups in total. The van der Waals surface area contributed by atoms with Gasteiger partial charge in [0.2, 0.25) is 0 Å². The van der Waals surface area contributed by atoms with Crippen LogP contribution in [0.1, 0.15) is 31.9 Å². The fraction of sp³-hybridized carbons (Fsp3) is 0.462. The molecule has 1 aromatic carbocycles. The van der Waals surface area contributed by atoms with Crippen molar-refractivity contribution in [3.63, 3.8) is 0 Å². The van der Waals surface area contributed by atoms with E-state index in [0.29, 0.717) is 23.0 Å². The van der Waals surface area contributed by atoms with E-state index >= 15 is 0 Å². The van der Waals surface area contributed by atoms with E-state index in [1.165, 1.54) is 18.2 Å². The van der Waals surface area contributed by atoms with Gasteiger partial charge in [0.25, 0.3) is 0 Å². The second-order valence-electron chi connectivity index (χ2n) is 4.61. The predicted molar refractivity (Wildman–Crippen MR) is 71.0 cm³/mol. The minimum Gasteiger partial charge on any atom is -0.508 e. The topological polar surface area (TPSA) is 69.6 Å². The predicted octanol–water partition coefficient (Wildman–Crippen LogP) is 2.81. The molecule has 100 valence electrons. The van der Waals surface area contributed by atoms with E-state index in [1.807, 2.05) is 0 Å². The molecular weight excluding hydrogens is 254 g/mol. The van der Waals surface area contributed by atoms with Gasteiger partial charge in [-0.1, -0.05) is 25.4 Å². The summed E-state index contributed by atoms with van der Waals surface area (Å²) in [5, 5.41) is 22.2. The second-order valence-corrected chi connectivity index (χ2v) is 5.05. The number of phenols is 1. The van der Waals surface area contributed by atoms with Crippen molar-refractivity contribution in [2.24, 2.45) is 5.92 Å². The normalized spacial score (nSPS) is 12.7. The van der Waals surface area contributed by atoms with Gasteiger partial charge < -0.3 is 15.5 Å². The number of halogens is 1. The molecule has 0 aliphatic carbocycles. The smallest absolute Gasteiger partial charge is 0.325 e. The van der Waals surface area contributed by atoms with Crippen molar-refractivity contribution in [2.45, 2.75) is 26.3 Å². The molecule has 5 heteroatoms. The van der Waals surface area contributed by atoms with Crippen LogP contribution in [-0.2, 0) is 4.79 Å². The summed E-state index contributed by atoms with van der Waals surface area (Å²) >= 11 is 5.82. The highest BCUT2D eigenvalue weighted by Crippen LogP contribution is 2.27. The van der Waals surface area contributed by atoms with Gasteiger partial charge in [-0.3, -0.25) is 4.79 Å². The van der Waals surface area contributed by atoms with Crippen molar-refractivity contribution < 1.29 is 15.0 Å². The monoisotopic (exact) mass is 271 g/mol. The summed E-state index contributed by atoms with van der Waals surface area (Å²) in [4.78, 5) is 11.2. The Balaban J connectivity index is 2.84. The number of nitrogens with one attached hydrogen (secondary N) is 1. The fourth-order valence-electron chi connectivity index (χ4n) is 1.60. The van der Waals surface area contributed by atoms with Crippen LogP contribution < -0.4 is 5.32 Å². The molecular formula is C13H18ClNO3. The van der Waals surface area contributed by atoms with Crippen LogP contribution in [0.25, 0.3) is 0 Å². The average molecular weight is 272 g/mol. The summed E-state index contributed by atoms with van der Waals surface area (Å²) in [5.74, 6) is -0.611. The van der Waals surface area contributed by atoms with Gasteiger partial charge in [-0.25, -0.2) is 0 Å². The molecule has 0 fully saturated rings. The number of phenolic OH excluding ortho intramolecular Hbond substituents is 1. The number of benzene rings is 1. The molecule has 0 bridgehead atoms. The molecule has 18 heavy (non-hydrogen) atoms. The van der Waals surface area contributed by atoms with E-state index in [1.54, 1.807) is 0 Å². The van der Waals surface area contributed by atoms with Gasteiger partial charge in [-0.2, -0.15) is 0 Å². The summed E-state index contributed by atoms with van der Waals surface area (Å²) in [6, 6.07) is 3.45. The zero-order valence-corrected chi connectivity index (χ0v) is 11.2. The molecule has 1 unspecified atom stereocenters. The highest BCUT2D eigenvalue weighted by Gasteiger charge is 2.22. The number of rotatable bonds is 6. The number of carbonyl (C=O) groups is 1. The summed E-state index contributed by atoms with van der Waals surface area (Å²) < 4.78 is 0. The number of aliphatic carboxylic acids is 1. The Bertz CT molecular complexity index is 421. The number of aromatic hydroxyl groups is 1. The molecule has 0 spiro atoms. The van der Waals surface area contributed by atoms with E-state index < -0.39 is 12.0 Å². The third-order valence-electron chi connectivity index (χ3n) is 2.62. The first-order valence-electron chi connectivity index (χ1n) is 5.86. The van der Waals surface area contributed by atoms with Crippen molar-refractivity contribution in [3.05, 3.63) is 28.8 Å². The SMILES string of the molecule is CC(C)CCNC(C(=O)O)c1cc(Cl)ccc1O. The molecule has 0 heterocycles. The molecule has 0 radical (unpaired) electrons. The first-order valence-corrected chi connectivity index (χ1v) is 6.24. The molecule has 4 nitrogen and oxygen atoms in total. The van der Waals surface area contributed by atoms with Gasteiger partial charge in [0.05, 0.1) is 0 Å². The summed E-state index contributed by atoms with van der Waals surface area (Å²) in [6.45, 7) is 4.70. The minimum atomic E-state index is -1.03. The van der Waals surface area contributed by atoms with Crippen LogP contribution in [0.2, 0.25) is 5.02 Å². The van der Waals surface area contributed by atoms with E-state index in [4.69, 9.17) is 11.6 Å². The van der Waals surface area contributed by atoms with Crippen LogP contribution in [0, 0.1) is 5.92 Å². The highest BCUT2D eigenvalue weighted by atomic mass is 35.5. The zero-order valence-electron chi connectivity index (χ0n) is 10.5. The Kier molecular flexibility index (Phi) is 5.44. The Morgan fingerprint density at radius 3 is 2.67 bits per heavy atom. The van der Waals surface area contributed by atoms with E-state index in [-0.39, 0.29) is 5.75 Å². The maximum atomic E-state index is 11.2. The standard InChI is InChI=1S/C13H18ClNO3/c1-8(2)5-6-15-12(13(17)18)10-7-9(14)3-4-11(10)16/h3-4,7-8,12,15-16H,5-6H2,1-2H3,(H,17,18). The van der Waals surface area contributed by atoms with E-state index in [9.17, 15) is 15.0 Å². The Morgan fingerprint density at radius 1 is 1.44 bits per heavy atom. The van der Waals surface area contributed by atoms with Gasteiger partial charge in [0.15, 0.2) is 0 Å². The molecule has 0 saturated carbocycles. The lowest BCUT2D eigenvalue weighted by atomic mass is 10.0. The third-order valence-corrected chi connectivity index (χ3v) is 2.85. The lowest BCUT2D eigenvalue weighted by Crippen LogP contribution is -2.30. The van der Waals surface area contributed by atoms with Crippen molar-refractivity contribution in [1.29, 1.82) is 0 Å². The molecule has 0 aromatic heterocycles. The van der Waals surface area contributed by atoms with Crippen LogP contribution in [0.5, 0.6) is 5.75 Å². The maximum absolute atomic E-state index is 11.2. The molecule has 1 rings (SSSR count). The lowest BCUT2D eigenvalue weighted by molar-refractivity contribution is -0.139. The van der Waals surface area contributed by atoms with Crippen molar-refractivity contribution in [2.75, 3.05) is 6.54 Å². The first-order chi connectivity index (χ1) is 8.41. The van der Waals surface area contributed by atoms with Crippen LogP contribution in [0.15, 0.2) is 18.2 Å². The van der Waals surface area contributed by atoms with Gasteiger partial charge in [0.1, 0.15) is 11.8 Å². The quantitative estimate of drug-likeness (QED) is 0.744. The Hall–Kier alpha value is -1.26. The summed E-state index contributed by atoms with van der Waals surface area (Å²) in [6.07, 6.45) is 0.866. The highest BCUT2D eigenvalue weighted by molar-refractivity contribution is 6.30. The van der Waals surface area contributed by atoms with Crippen LogP contribution in [0.4, 0.5) is 0 Å².